The molecule has 5 rings (SSSR count). The van der Waals surface area contributed by atoms with Gasteiger partial charge in [0.15, 0.2) is 0 Å². The van der Waals surface area contributed by atoms with Crippen molar-refractivity contribution >= 4 is 16.9 Å². The van der Waals surface area contributed by atoms with Crippen LogP contribution in [0.1, 0.15) is 27.0 Å². The van der Waals surface area contributed by atoms with E-state index in [-0.39, 0.29) is 11.1 Å². The van der Waals surface area contributed by atoms with Gasteiger partial charge in [-0.1, -0.05) is 12.1 Å². The van der Waals surface area contributed by atoms with E-state index in [1.807, 2.05) is 18.2 Å². The number of rotatable bonds is 3. The van der Waals surface area contributed by atoms with Gasteiger partial charge in [-0.15, -0.1) is 0 Å². The highest BCUT2D eigenvalue weighted by molar-refractivity contribution is 5.96. The molecule has 2 heterocycles. The number of aromatic nitrogens is 1. The normalized spacial score (nSPS) is 12.8. The van der Waals surface area contributed by atoms with Crippen molar-refractivity contribution in [3.8, 4) is 22.6 Å². The highest BCUT2D eigenvalue weighted by Crippen LogP contribution is 2.34. The fraction of sp³-hybridized carbons (Fsp3) is 0.120. The fourth-order valence-corrected chi connectivity index (χ4v) is 4.42. The molecule has 0 radical (unpaired) electrons. The van der Waals surface area contributed by atoms with Crippen LogP contribution in [0.15, 0.2) is 59.5 Å². The number of fused-ring (bicyclic) bond motifs is 2. The summed E-state index contributed by atoms with van der Waals surface area (Å²) < 4.78 is 16.9. The van der Waals surface area contributed by atoms with E-state index in [0.29, 0.717) is 34.4 Å². The molecule has 4 aromatic rings. The van der Waals surface area contributed by atoms with Gasteiger partial charge in [0, 0.05) is 30.5 Å². The maximum absolute atomic E-state index is 15.4. The molecule has 0 aliphatic carbocycles. The van der Waals surface area contributed by atoms with E-state index in [9.17, 15) is 19.8 Å². The van der Waals surface area contributed by atoms with Crippen molar-refractivity contribution in [2.75, 3.05) is 0 Å². The van der Waals surface area contributed by atoms with Crippen LogP contribution in [-0.4, -0.2) is 20.7 Å². The Morgan fingerprint density at radius 2 is 1.78 bits per heavy atom. The van der Waals surface area contributed by atoms with Crippen molar-refractivity contribution in [3.63, 3.8) is 0 Å². The average Bonchev–Trinajstić information content (AvgIpc) is 3.23. The number of phenolic OH excluding ortho intramolecular Hbond substituents is 1. The van der Waals surface area contributed by atoms with E-state index in [2.05, 4.69) is 5.32 Å². The number of hydrogen-bond donors (Lipinski definition) is 3. The molecule has 0 saturated carbocycles. The summed E-state index contributed by atoms with van der Waals surface area (Å²) in [4.78, 5) is 24.6. The van der Waals surface area contributed by atoms with Gasteiger partial charge in [-0.05, 0) is 65.6 Å². The third kappa shape index (κ3) is 3.06. The number of aryl methyl sites for hydroxylation is 1. The summed E-state index contributed by atoms with van der Waals surface area (Å²) in [7, 11) is 0. The van der Waals surface area contributed by atoms with E-state index >= 15 is 4.39 Å². The number of carbonyl (C=O) groups is 1. The lowest BCUT2D eigenvalue weighted by molar-refractivity contribution is 0.0695. The SMILES string of the molecule is Cc1c(-c2ccc3c(c2)CNC3)c(F)cc2c(=O)c(C(=O)O)cn(-c3ccc(O)cc3)c12. The third-order valence-corrected chi connectivity index (χ3v) is 5.97. The van der Waals surface area contributed by atoms with Gasteiger partial charge in [0.05, 0.1) is 10.9 Å². The zero-order chi connectivity index (χ0) is 22.6. The highest BCUT2D eigenvalue weighted by atomic mass is 19.1. The second-order valence-corrected chi connectivity index (χ2v) is 7.91. The molecular weight excluding hydrogens is 411 g/mol. The Morgan fingerprint density at radius 3 is 2.50 bits per heavy atom. The quantitative estimate of drug-likeness (QED) is 0.455. The summed E-state index contributed by atoms with van der Waals surface area (Å²) in [5.74, 6) is -1.93. The number of pyridine rings is 1. The zero-order valence-corrected chi connectivity index (χ0v) is 17.1. The molecule has 6 nitrogen and oxygen atoms in total. The summed E-state index contributed by atoms with van der Waals surface area (Å²) in [6.45, 7) is 3.20. The monoisotopic (exact) mass is 430 g/mol. The van der Waals surface area contributed by atoms with Gasteiger partial charge in [0.2, 0.25) is 5.43 Å². The van der Waals surface area contributed by atoms with Crippen molar-refractivity contribution in [2.45, 2.75) is 20.0 Å². The van der Waals surface area contributed by atoms with Crippen LogP contribution in [-0.2, 0) is 13.1 Å². The Labute approximate surface area is 182 Å². The molecule has 1 aliphatic heterocycles. The maximum Gasteiger partial charge on any atom is 0.341 e. The second-order valence-electron chi connectivity index (χ2n) is 7.91. The molecule has 1 aliphatic rings. The van der Waals surface area contributed by atoms with E-state index < -0.39 is 22.8 Å². The summed E-state index contributed by atoms with van der Waals surface area (Å²) in [6, 6.07) is 13.0. The van der Waals surface area contributed by atoms with Crippen LogP contribution in [0.5, 0.6) is 5.75 Å². The molecular formula is C25H19FN2O4. The number of carboxylic acid groups (broad SMARTS) is 1. The minimum absolute atomic E-state index is 0.0143. The molecule has 0 amide bonds. The summed E-state index contributed by atoms with van der Waals surface area (Å²) in [6.07, 6.45) is 1.25. The van der Waals surface area contributed by atoms with Gasteiger partial charge >= 0.3 is 5.97 Å². The molecule has 0 bridgehead atoms. The molecule has 0 unspecified atom stereocenters. The van der Waals surface area contributed by atoms with Gasteiger partial charge in [-0.25, -0.2) is 9.18 Å². The molecule has 0 fully saturated rings. The van der Waals surface area contributed by atoms with Crippen molar-refractivity contribution in [1.82, 2.24) is 9.88 Å². The van der Waals surface area contributed by atoms with E-state index in [0.717, 1.165) is 18.2 Å². The first-order valence-electron chi connectivity index (χ1n) is 10.1. The molecule has 0 atom stereocenters. The Hall–Kier alpha value is -3.97. The predicted molar refractivity (Wildman–Crippen MR) is 119 cm³/mol. The summed E-state index contributed by atoms with van der Waals surface area (Å²) >= 11 is 0. The molecule has 0 saturated heterocycles. The first-order chi connectivity index (χ1) is 15.3. The van der Waals surface area contributed by atoms with Crippen LogP contribution in [0.2, 0.25) is 0 Å². The van der Waals surface area contributed by atoms with Gasteiger partial charge in [-0.3, -0.25) is 4.79 Å². The molecule has 0 spiro atoms. The zero-order valence-electron chi connectivity index (χ0n) is 17.1. The number of aromatic hydroxyl groups is 1. The summed E-state index contributed by atoms with van der Waals surface area (Å²) in [5.41, 5.74) is 3.59. The summed E-state index contributed by atoms with van der Waals surface area (Å²) in [5, 5.41) is 22.5. The number of nitrogens with zero attached hydrogens (tertiary/aromatic N) is 1. The van der Waals surface area contributed by atoms with Crippen molar-refractivity contribution in [3.05, 3.63) is 93.0 Å². The molecule has 1 aromatic heterocycles. The van der Waals surface area contributed by atoms with Crippen LogP contribution in [0.4, 0.5) is 4.39 Å². The third-order valence-electron chi connectivity index (χ3n) is 5.97. The number of benzene rings is 3. The van der Waals surface area contributed by atoms with Crippen molar-refractivity contribution in [2.24, 2.45) is 0 Å². The second kappa shape index (κ2) is 7.32. The predicted octanol–water partition coefficient (Wildman–Crippen LogP) is 4.11. The topological polar surface area (TPSA) is 91.6 Å². The van der Waals surface area contributed by atoms with E-state index in [1.54, 1.807) is 23.6 Å². The van der Waals surface area contributed by atoms with E-state index in [4.69, 9.17) is 0 Å². The first-order valence-corrected chi connectivity index (χ1v) is 10.1. The number of hydrogen-bond acceptors (Lipinski definition) is 4. The largest absolute Gasteiger partial charge is 0.508 e. The van der Waals surface area contributed by atoms with Crippen LogP contribution < -0.4 is 10.7 Å². The van der Waals surface area contributed by atoms with Crippen molar-refractivity contribution in [1.29, 1.82) is 0 Å². The molecule has 160 valence electrons. The Morgan fingerprint density at radius 1 is 1.06 bits per heavy atom. The molecule has 3 aromatic carbocycles. The molecule has 3 N–H and O–H groups in total. The smallest absolute Gasteiger partial charge is 0.341 e. The minimum atomic E-state index is -1.39. The van der Waals surface area contributed by atoms with Gasteiger partial charge in [-0.2, -0.15) is 0 Å². The van der Waals surface area contributed by atoms with Crippen LogP contribution in [0.3, 0.4) is 0 Å². The number of aromatic carboxylic acids is 1. The number of nitrogens with one attached hydrogen (secondary N) is 1. The first kappa shape index (κ1) is 20.0. The Kier molecular flexibility index (Phi) is 4.56. The number of halogens is 1. The number of phenols is 1. The van der Waals surface area contributed by atoms with Crippen LogP contribution in [0.25, 0.3) is 27.7 Å². The lowest BCUT2D eigenvalue weighted by Crippen LogP contribution is -2.19. The van der Waals surface area contributed by atoms with E-state index in [1.165, 1.54) is 23.9 Å². The van der Waals surface area contributed by atoms with Gasteiger partial charge < -0.3 is 20.1 Å². The molecule has 7 heteroatoms. The van der Waals surface area contributed by atoms with Crippen molar-refractivity contribution < 1.29 is 19.4 Å². The van der Waals surface area contributed by atoms with Crippen LogP contribution in [0, 0.1) is 12.7 Å². The Bertz CT molecular complexity index is 1470. The average molecular weight is 430 g/mol. The molecule has 32 heavy (non-hydrogen) atoms. The maximum atomic E-state index is 15.4. The van der Waals surface area contributed by atoms with Gasteiger partial charge in [0.1, 0.15) is 17.1 Å². The lowest BCUT2D eigenvalue weighted by Gasteiger charge is -2.18. The highest BCUT2D eigenvalue weighted by Gasteiger charge is 2.22. The van der Waals surface area contributed by atoms with Gasteiger partial charge in [0.25, 0.3) is 0 Å². The van der Waals surface area contributed by atoms with Crippen LogP contribution >= 0.6 is 0 Å². The lowest BCUT2D eigenvalue weighted by atomic mass is 9.94. The fourth-order valence-electron chi connectivity index (χ4n) is 4.42. The Balaban J connectivity index is 1.87. The standard InChI is InChI=1S/C25H19FN2O4/c1-13-22(14-2-3-15-10-27-11-16(15)8-14)21(26)9-19-23(13)28(12-20(24(19)30)25(31)32)17-4-6-18(29)7-5-17/h2-9,12,27,29H,10-11H2,1H3,(H,31,32). The number of carboxylic acids is 1. The minimum Gasteiger partial charge on any atom is -0.508 e.